The molecule has 40 heavy (non-hydrogen) atoms. The van der Waals surface area contributed by atoms with Gasteiger partial charge in [-0.2, -0.15) is 0 Å². The minimum atomic E-state index is -0.913. The average Bonchev–Trinajstić information content (AvgIpc) is 3.47. The number of benzene rings is 2. The summed E-state index contributed by atoms with van der Waals surface area (Å²) in [5.74, 6) is -2.44. The summed E-state index contributed by atoms with van der Waals surface area (Å²) >= 11 is 18.0. The van der Waals surface area contributed by atoms with Crippen molar-refractivity contribution in [2.24, 2.45) is 0 Å². The van der Waals surface area contributed by atoms with Gasteiger partial charge in [0.2, 0.25) is 0 Å². The molecule has 0 bridgehead atoms. The minimum absolute atomic E-state index is 0.0620. The number of nitrogens with one attached hydrogen (secondary N) is 2. The summed E-state index contributed by atoms with van der Waals surface area (Å²) in [7, 11) is 1.22. The number of amides is 3. The third-order valence-corrected chi connectivity index (χ3v) is 7.13. The van der Waals surface area contributed by atoms with Crippen LogP contribution in [0, 0.1) is 6.92 Å². The van der Waals surface area contributed by atoms with Crippen molar-refractivity contribution in [3.05, 3.63) is 97.5 Å². The molecule has 0 aliphatic carbocycles. The maximum Gasteiger partial charge on any atom is 0.340 e. The average molecular weight is 603 g/mol. The zero-order valence-corrected chi connectivity index (χ0v) is 23.7. The molecule has 2 N–H and O–H groups in total. The zero-order chi connectivity index (χ0) is 29.1. The van der Waals surface area contributed by atoms with Crippen molar-refractivity contribution in [3.63, 3.8) is 0 Å². The Balaban J connectivity index is 1.49. The van der Waals surface area contributed by atoms with Crippen molar-refractivity contribution in [1.82, 2.24) is 5.32 Å². The molecule has 206 valence electrons. The van der Waals surface area contributed by atoms with Gasteiger partial charge in [0.25, 0.3) is 5.91 Å². The molecule has 0 atom stereocenters. The molecular weight excluding hydrogens is 581 g/mol. The van der Waals surface area contributed by atoms with Gasteiger partial charge in [-0.15, -0.1) is 0 Å². The summed E-state index contributed by atoms with van der Waals surface area (Å²) in [6.45, 7) is 3.35. The molecule has 0 saturated carbocycles. The van der Waals surface area contributed by atoms with Crippen LogP contribution in [0.3, 0.4) is 0 Å². The van der Waals surface area contributed by atoms with Gasteiger partial charge in [-0.05, 0) is 68.0 Å². The van der Waals surface area contributed by atoms with E-state index < -0.39 is 23.7 Å². The molecule has 3 aromatic rings. The van der Waals surface area contributed by atoms with Crippen molar-refractivity contribution < 1.29 is 28.3 Å². The Morgan fingerprint density at radius 3 is 2.38 bits per heavy atom. The highest BCUT2D eigenvalue weighted by molar-refractivity contribution is 6.43. The van der Waals surface area contributed by atoms with Crippen molar-refractivity contribution in [2.75, 3.05) is 17.3 Å². The normalized spacial score (nSPS) is 14.1. The Morgan fingerprint density at radius 2 is 1.70 bits per heavy atom. The number of methoxy groups -OCH3 is 1. The molecule has 2 aromatic carbocycles. The van der Waals surface area contributed by atoms with E-state index >= 15 is 0 Å². The number of anilines is 2. The second-order valence-electron chi connectivity index (χ2n) is 8.65. The largest absolute Gasteiger partial charge is 0.465 e. The summed E-state index contributed by atoms with van der Waals surface area (Å²) in [6, 6.07) is 12.7. The van der Waals surface area contributed by atoms with Gasteiger partial charge in [0.1, 0.15) is 11.5 Å². The van der Waals surface area contributed by atoms with Crippen molar-refractivity contribution in [1.29, 1.82) is 0 Å². The number of esters is 1. The van der Waals surface area contributed by atoms with Crippen molar-refractivity contribution >= 4 is 75.9 Å². The summed E-state index contributed by atoms with van der Waals surface area (Å²) in [5, 5.41) is 5.87. The van der Waals surface area contributed by atoms with E-state index in [0.717, 1.165) is 5.56 Å². The van der Waals surface area contributed by atoms with Gasteiger partial charge in [0, 0.05) is 16.4 Å². The number of nitrogens with zero attached hydrogens (tertiary/aromatic N) is 1. The number of hydrogen-bond donors (Lipinski definition) is 2. The van der Waals surface area contributed by atoms with Crippen LogP contribution in [-0.2, 0) is 30.5 Å². The molecule has 4 rings (SSSR count). The lowest BCUT2D eigenvalue weighted by Crippen LogP contribution is -2.34. The van der Waals surface area contributed by atoms with E-state index in [1.54, 1.807) is 37.3 Å². The van der Waals surface area contributed by atoms with E-state index in [1.165, 1.54) is 36.3 Å². The molecule has 0 unspecified atom stereocenters. The molecule has 0 saturated heterocycles. The predicted octanol–water partition coefficient (Wildman–Crippen LogP) is 5.68. The molecule has 0 fully saturated rings. The molecule has 12 heteroatoms. The van der Waals surface area contributed by atoms with Crippen LogP contribution in [0.25, 0.3) is 6.08 Å². The maximum absolute atomic E-state index is 13.4. The fourth-order valence-corrected chi connectivity index (χ4v) is 4.40. The van der Waals surface area contributed by atoms with Gasteiger partial charge < -0.3 is 19.8 Å². The topological polar surface area (TPSA) is 118 Å². The summed E-state index contributed by atoms with van der Waals surface area (Å²) in [4.78, 5) is 51.9. The first kappa shape index (κ1) is 28.9. The highest BCUT2D eigenvalue weighted by Gasteiger charge is 2.38. The molecule has 1 aliphatic heterocycles. The highest BCUT2D eigenvalue weighted by atomic mass is 35.5. The first-order chi connectivity index (χ1) is 19.0. The molecular formula is C28H22Cl3N3O6. The fourth-order valence-electron chi connectivity index (χ4n) is 3.93. The lowest BCUT2D eigenvalue weighted by molar-refractivity contribution is -0.136. The Kier molecular flexibility index (Phi) is 8.68. The first-order valence-corrected chi connectivity index (χ1v) is 12.9. The lowest BCUT2D eigenvalue weighted by Gasteiger charge is -2.18. The van der Waals surface area contributed by atoms with Gasteiger partial charge in [0.05, 0.1) is 40.5 Å². The molecule has 1 aromatic heterocycles. The molecule has 2 heterocycles. The number of allylic oxidation sites excluding steroid dienone is 1. The third kappa shape index (κ3) is 6.07. The number of rotatable bonds is 6. The van der Waals surface area contributed by atoms with E-state index in [9.17, 15) is 19.2 Å². The quantitative estimate of drug-likeness (QED) is 0.213. The number of ether oxygens (including phenoxy) is 1. The molecule has 0 spiro atoms. The van der Waals surface area contributed by atoms with E-state index in [-0.39, 0.29) is 28.5 Å². The number of carbonyl (C=O) groups excluding carboxylic acids is 4. The van der Waals surface area contributed by atoms with Gasteiger partial charge >= 0.3 is 17.8 Å². The summed E-state index contributed by atoms with van der Waals surface area (Å²) in [5.41, 5.74) is 2.14. The maximum atomic E-state index is 13.4. The standard InChI is InChI=1S/C28H22Cl3N3O6/c1-14-4-6-17(11-22(14)30)34-15(2)24(28(38)39-3)20(27(34)37)12-18-7-8-19(40-18)13-32-25(35)26(36)33-16-5-9-21(29)23(31)10-16/h4-12H,13H2,1-3H3,(H,32,35)(H,33,36)/b20-12+. The minimum Gasteiger partial charge on any atom is -0.465 e. The molecule has 9 nitrogen and oxygen atoms in total. The Bertz CT molecular complexity index is 1610. The number of hydrogen-bond acceptors (Lipinski definition) is 6. The SMILES string of the molecule is COC(=O)C1=C(C)N(c2ccc(C)c(Cl)c2)C(=O)/C1=C/c1ccc(CNC(=O)C(=O)Nc2ccc(Cl)c(Cl)c2)o1. The van der Waals surface area contributed by atoms with Crippen LogP contribution in [0.15, 0.2) is 69.8 Å². The van der Waals surface area contributed by atoms with E-state index in [2.05, 4.69) is 10.6 Å². The molecule has 0 radical (unpaired) electrons. The summed E-state index contributed by atoms with van der Waals surface area (Å²) in [6.07, 6.45) is 1.41. The smallest absolute Gasteiger partial charge is 0.340 e. The van der Waals surface area contributed by atoms with Crippen LogP contribution in [0.5, 0.6) is 0 Å². The second-order valence-corrected chi connectivity index (χ2v) is 9.88. The van der Waals surface area contributed by atoms with E-state index in [1.807, 2.05) is 6.92 Å². The second kappa shape index (κ2) is 12.0. The van der Waals surface area contributed by atoms with Gasteiger partial charge in [0.15, 0.2) is 0 Å². The van der Waals surface area contributed by atoms with Crippen LogP contribution in [0.1, 0.15) is 24.0 Å². The monoisotopic (exact) mass is 601 g/mol. The van der Waals surface area contributed by atoms with Crippen LogP contribution in [0.4, 0.5) is 11.4 Å². The third-order valence-electron chi connectivity index (χ3n) is 5.98. The number of aryl methyl sites for hydroxylation is 1. The van der Waals surface area contributed by atoms with Crippen molar-refractivity contribution in [2.45, 2.75) is 20.4 Å². The Labute approximate surface area is 244 Å². The van der Waals surface area contributed by atoms with Crippen LogP contribution >= 0.6 is 34.8 Å². The van der Waals surface area contributed by atoms with Crippen LogP contribution in [-0.4, -0.2) is 30.8 Å². The van der Waals surface area contributed by atoms with E-state index in [4.69, 9.17) is 44.0 Å². The lowest BCUT2D eigenvalue weighted by atomic mass is 10.1. The van der Waals surface area contributed by atoms with Crippen LogP contribution < -0.4 is 15.5 Å². The first-order valence-electron chi connectivity index (χ1n) is 11.7. The van der Waals surface area contributed by atoms with Gasteiger partial charge in [-0.1, -0.05) is 40.9 Å². The predicted molar refractivity (Wildman–Crippen MR) is 152 cm³/mol. The van der Waals surface area contributed by atoms with Gasteiger partial charge in [-0.3, -0.25) is 19.3 Å². The number of furan rings is 1. The van der Waals surface area contributed by atoms with Gasteiger partial charge in [-0.25, -0.2) is 4.79 Å². The van der Waals surface area contributed by atoms with Crippen molar-refractivity contribution in [3.8, 4) is 0 Å². The molecule has 3 amide bonds. The number of carbonyl (C=O) groups is 4. The highest BCUT2D eigenvalue weighted by Crippen LogP contribution is 2.37. The number of halogens is 3. The molecule has 1 aliphatic rings. The zero-order valence-electron chi connectivity index (χ0n) is 21.4. The Morgan fingerprint density at radius 1 is 0.950 bits per heavy atom. The summed E-state index contributed by atoms with van der Waals surface area (Å²) < 4.78 is 10.6. The van der Waals surface area contributed by atoms with Crippen LogP contribution in [0.2, 0.25) is 15.1 Å². The Hall–Kier alpha value is -4.05. The van der Waals surface area contributed by atoms with E-state index in [0.29, 0.717) is 32.9 Å². The fraction of sp³-hybridized carbons (Fsp3) is 0.143.